The maximum Gasteiger partial charge on any atom is 0.313 e. The molecule has 94 valence electrons. The van der Waals surface area contributed by atoms with Crippen molar-refractivity contribution in [3.63, 3.8) is 0 Å². The molecule has 0 bridgehead atoms. The molecule has 17 heavy (non-hydrogen) atoms. The van der Waals surface area contributed by atoms with Gasteiger partial charge in [0.15, 0.2) is 5.16 Å². The number of carbonyl (C=O) groups is 1. The Morgan fingerprint density at radius 2 is 2.29 bits per heavy atom. The maximum absolute atomic E-state index is 10.5. The normalized spacial score (nSPS) is 16.5. The molecule has 1 aliphatic carbocycles. The number of hydrogen-bond acceptors (Lipinski definition) is 3. The largest absolute Gasteiger partial charge is 0.481 e. The standard InChI is InChI=1S/C12H18N2O2S/c15-11(16)9-17-12-13-6-8-14(12)7-5-10-3-1-2-4-10/h6,8,10H,1-5,7,9H2,(H,15,16). The van der Waals surface area contributed by atoms with Crippen molar-refractivity contribution in [2.45, 2.75) is 43.8 Å². The number of carboxylic acid groups (broad SMARTS) is 1. The van der Waals surface area contributed by atoms with E-state index < -0.39 is 5.97 Å². The van der Waals surface area contributed by atoms with E-state index >= 15 is 0 Å². The van der Waals surface area contributed by atoms with Crippen LogP contribution >= 0.6 is 11.8 Å². The fourth-order valence-electron chi connectivity index (χ4n) is 2.35. The van der Waals surface area contributed by atoms with Crippen molar-refractivity contribution < 1.29 is 9.90 Å². The number of thioether (sulfide) groups is 1. The highest BCUT2D eigenvalue weighted by Crippen LogP contribution is 2.28. The Kier molecular flexibility index (Phi) is 4.48. The third-order valence-corrected chi connectivity index (χ3v) is 4.24. The molecule has 1 saturated carbocycles. The molecule has 5 heteroatoms. The smallest absolute Gasteiger partial charge is 0.313 e. The van der Waals surface area contributed by atoms with Crippen molar-refractivity contribution in [1.82, 2.24) is 9.55 Å². The van der Waals surface area contributed by atoms with Gasteiger partial charge in [0.05, 0.1) is 5.75 Å². The monoisotopic (exact) mass is 254 g/mol. The van der Waals surface area contributed by atoms with Crippen LogP contribution in [0.3, 0.4) is 0 Å². The molecule has 1 aromatic heterocycles. The number of nitrogens with zero attached hydrogens (tertiary/aromatic N) is 2. The van der Waals surface area contributed by atoms with Gasteiger partial charge in [-0.25, -0.2) is 4.98 Å². The van der Waals surface area contributed by atoms with Crippen molar-refractivity contribution >= 4 is 17.7 Å². The molecule has 4 nitrogen and oxygen atoms in total. The van der Waals surface area contributed by atoms with E-state index in [1.807, 2.05) is 6.20 Å². The second-order valence-corrected chi connectivity index (χ2v) is 5.47. The van der Waals surface area contributed by atoms with Crippen LogP contribution in [-0.2, 0) is 11.3 Å². The Morgan fingerprint density at radius 3 is 3.00 bits per heavy atom. The lowest BCUT2D eigenvalue weighted by molar-refractivity contribution is -0.133. The molecule has 1 aromatic rings. The van der Waals surface area contributed by atoms with Gasteiger partial charge in [0, 0.05) is 18.9 Å². The summed E-state index contributed by atoms with van der Waals surface area (Å²) in [5, 5.41) is 9.47. The first-order valence-electron chi connectivity index (χ1n) is 6.11. The van der Waals surface area contributed by atoms with E-state index in [9.17, 15) is 4.79 Å². The highest BCUT2D eigenvalue weighted by molar-refractivity contribution is 7.99. The van der Waals surface area contributed by atoms with E-state index in [4.69, 9.17) is 5.11 Å². The van der Waals surface area contributed by atoms with Crippen LogP contribution in [0.5, 0.6) is 0 Å². The van der Waals surface area contributed by atoms with Crippen LogP contribution in [0.1, 0.15) is 32.1 Å². The summed E-state index contributed by atoms with van der Waals surface area (Å²) >= 11 is 1.30. The summed E-state index contributed by atoms with van der Waals surface area (Å²) in [6.45, 7) is 0.965. The lowest BCUT2D eigenvalue weighted by atomic mass is 10.0. The average molecular weight is 254 g/mol. The summed E-state index contributed by atoms with van der Waals surface area (Å²) in [4.78, 5) is 14.7. The lowest BCUT2D eigenvalue weighted by Crippen LogP contribution is -2.05. The van der Waals surface area contributed by atoms with Crippen LogP contribution < -0.4 is 0 Å². The van der Waals surface area contributed by atoms with Crippen LogP contribution in [0, 0.1) is 5.92 Å². The van der Waals surface area contributed by atoms with E-state index in [0.717, 1.165) is 17.6 Å². The Bertz CT molecular complexity index is 372. The van der Waals surface area contributed by atoms with Crippen molar-refractivity contribution in [2.75, 3.05) is 5.75 Å². The summed E-state index contributed by atoms with van der Waals surface area (Å²) in [6.07, 6.45) is 10.3. The van der Waals surface area contributed by atoms with Crippen LogP contribution in [0.2, 0.25) is 0 Å². The third-order valence-electron chi connectivity index (χ3n) is 3.26. The molecule has 2 rings (SSSR count). The third kappa shape index (κ3) is 3.77. The number of hydrogen-bond donors (Lipinski definition) is 1. The first kappa shape index (κ1) is 12.5. The van der Waals surface area contributed by atoms with Gasteiger partial charge in [0.25, 0.3) is 0 Å². The Morgan fingerprint density at radius 1 is 1.53 bits per heavy atom. The highest BCUT2D eigenvalue weighted by Gasteiger charge is 2.15. The first-order chi connectivity index (χ1) is 8.25. The van der Waals surface area contributed by atoms with E-state index in [0.29, 0.717) is 0 Å². The zero-order valence-electron chi connectivity index (χ0n) is 9.84. The predicted molar refractivity (Wildman–Crippen MR) is 67.2 cm³/mol. The molecule has 1 heterocycles. The minimum atomic E-state index is -0.791. The molecule has 0 saturated heterocycles. The van der Waals surface area contributed by atoms with Gasteiger partial charge in [-0.1, -0.05) is 37.4 Å². The fraction of sp³-hybridized carbons (Fsp3) is 0.667. The second kappa shape index (κ2) is 6.10. The number of carboxylic acids is 1. The Balaban J connectivity index is 1.82. The van der Waals surface area contributed by atoms with Crippen molar-refractivity contribution in [3.05, 3.63) is 12.4 Å². The second-order valence-electron chi connectivity index (χ2n) is 4.52. The van der Waals surface area contributed by atoms with Gasteiger partial charge in [0.2, 0.25) is 0 Å². The SMILES string of the molecule is O=C(O)CSc1nccn1CCC1CCCC1. The number of imidazole rings is 1. The summed E-state index contributed by atoms with van der Waals surface area (Å²) in [5.74, 6) is 0.149. The number of aliphatic carboxylic acids is 1. The minimum Gasteiger partial charge on any atom is -0.481 e. The van der Waals surface area contributed by atoms with Crippen molar-refractivity contribution in [3.8, 4) is 0 Å². The van der Waals surface area contributed by atoms with Crippen molar-refractivity contribution in [1.29, 1.82) is 0 Å². The molecule has 0 spiro atoms. The Labute approximate surface area is 105 Å². The van der Waals surface area contributed by atoms with Gasteiger partial charge in [-0.2, -0.15) is 0 Å². The molecule has 1 aliphatic rings. The van der Waals surface area contributed by atoms with Gasteiger partial charge in [0.1, 0.15) is 0 Å². The molecular formula is C12H18N2O2S. The number of aryl methyl sites for hydroxylation is 1. The Hall–Kier alpha value is -0.970. The molecule has 0 atom stereocenters. The first-order valence-corrected chi connectivity index (χ1v) is 7.10. The number of aromatic nitrogens is 2. The predicted octanol–water partition coefficient (Wildman–Crippen LogP) is 2.64. The van der Waals surface area contributed by atoms with E-state index in [1.165, 1.54) is 43.9 Å². The van der Waals surface area contributed by atoms with Crippen LogP contribution in [0.15, 0.2) is 17.6 Å². The zero-order chi connectivity index (χ0) is 12.1. The molecule has 1 fully saturated rings. The van der Waals surface area contributed by atoms with Gasteiger partial charge in [-0.3, -0.25) is 4.79 Å². The van der Waals surface area contributed by atoms with Gasteiger partial charge in [-0.15, -0.1) is 0 Å². The van der Waals surface area contributed by atoms with Gasteiger partial charge in [-0.05, 0) is 12.3 Å². The van der Waals surface area contributed by atoms with Crippen LogP contribution in [0.4, 0.5) is 0 Å². The van der Waals surface area contributed by atoms with Crippen LogP contribution in [-0.4, -0.2) is 26.4 Å². The summed E-state index contributed by atoms with van der Waals surface area (Å²) in [7, 11) is 0. The summed E-state index contributed by atoms with van der Waals surface area (Å²) < 4.78 is 2.08. The molecule has 0 unspecified atom stereocenters. The number of rotatable bonds is 6. The van der Waals surface area contributed by atoms with Gasteiger partial charge < -0.3 is 9.67 Å². The molecule has 0 aliphatic heterocycles. The molecular weight excluding hydrogens is 236 g/mol. The maximum atomic E-state index is 10.5. The fourth-order valence-corrected chi connectivity index (χ4v) is 3.06. The van der Waals surface area contributed by atoms with Crippen LogP contribution in [0.25, 0.3) is 0 Å². The topological polar surface area (TPSA) is 55.1 Å². The van der Waals surface area contributed by atoms with Crippen molar-refractivity contribution in [2.24, 2.45) is 5.92 Å². The molecule has 0 radical (unpaired) electrons. The highest BCUT2D eigenvalue weighted by atomic mass is 32.2. The zero-order valence-corrected chi connectivity index (χ0v) is 10.7. The lowest BCUT2D eigenvalue weighted by Gasteiger charge is -2.10. The van der Waals surface area contributed by atoms with E-state index in [2.05, 4.69) is 9.55 Å². The average Bonchev–Trinajstić information content (AvgIpc) is 2.95. The van der Waals surface area contributed by atoms with Gasteiger partial charge >= 0.3 is 5.97 Å². The minimum absolute atomic E-state index is 0.0838. The summed E-state index contributed by atoms with van der Waals surface area (Å²) in [6, 6.07) is 0. The van der Waals surface area contributed by atoms with E-state index in [-0.39, 0.29) is 5.75 Å². The summed E-state index contributed by atoms with van der Waals surface area (Å²) in [5.41, 5.74) is 0. The molecule has 1 N–H and O–H groups in total. The quantitative estimate of drug-likeness (QED) is 0.793. The molecule has 0 aromatic carbocycles. The molecule has 0 amide bonds. The van der Waals surface area contributed by atoms with E-state index in [1.54, 1.807) is 6.20 Å².